The zero-order chi connectivity index (χ0) is 12.7. The van der Waals surface area contributed by atoms with Crippen molar-refractivity contribution in [2.45, 2.75) is 6.54 Å². The van der Waals surface area contributed by atoms with Crippen molar-refractivity contribution in [3.05, 3.63) is 54.5 Å². The van der Waals surface area contributed by atoms with E-state index in [2.05, 4.69) is 33.6 Å². The molecule has 3 heterocycles. The molecule has 1 aliphatic heterocycles. The maximum absolute atomic E-state index is 4.63. The molecule has 2 aromatic heterocycles. The van der Waals surface area contributed by atoms with E-state index in [-0.39, 0.29) is 0 Å². The molecule has 19 heavy (non-hydrogen) atoms. The predicted molar refractivity (Wildman–Crippen MR) is 75.1 cm³/mol. The van der Waals surface area contributed by atoms with Gasteiger partial charge < -0.3 is 5.32 Å². The van der Waals surface area contributed by atoms with Crippen LogP contribution in [0.4, 0.5) is 0 Å². The molecule has 4 rings (SSSR count). The Bertz CT molecular complexity index is 780. The van der Waals surface area contributed by atoms with Gasteiger partial charge in [-0.25, -0.2) is 4.68 Å². The Morgan fingerprint density at radius 3 is 3.11 bits per heavy atom. The molecule has 0 spiro atoms. The summed E-state index contributed by atoms with van der Waals surface area (Å²) in [6, 6.07) is 12.3. The van der Waals surface area contributed by atoms with Gasteiger partial charge in [-0.1, -0.05) is 18.2 Å². The summed E-state index contributed by atoms with van der Waals surface area (Å²) >= 11 is 0. The topological polar surface area (TPSA) is 42.7 Å². The number of hydrogen-bond donors (Lipinski definition) is 1. The minimum absolute atomic E-state index is 0.812. The quantitative estimate of drug-likeness (QED) is 0.720. The van der Waals surface area contributed by atoms with Gasteiger partial charge in [0.1, 0.15) is 0 Å². The van der Waals surface area contributed by atoms with Gasteiger partial charge in [-0.15, -0.1) is 0 Å². The van der Waals surface area contributed by atoms with E-state index in [0.29, 0.717) is 0 Å². The number of aromatic nitrogens is 3. The number of nitrogens with one attached hydrogen (secondary N) is 1. The third-order valence-corrected chi connectivity index (χ3v) is 3.35. The zero-order valence-corrected chi connectivity index (χ0v) is 10.2. The summed E-state index contributed by atoms with van der Waals surface area (Å²) < 4.78 is 1.92. The average Bonchev–Trinajstić information content (AvgIpc) is 2.90. The minimum Gasteiger partial charge on any atom is -0.384 e. The van der Waals surface area contributed by atoms with Gasteiger partial charge in [0.05, 0.1) is 23.4 Å². The highest BCUT2D eigenvalue weighted by Gasteiger charge is 2.12. The molecule has 0 aliphatic carbocycles. The second-order valence-electron chi connectivity index (χ2n) is 4.54. The van der Waals surface area contributed by atoms with E-state index in [1.807, 2.05) is 41.5 Å². The van der Waals surface area contributed by atoms with Crippen LogP contribution in [0.2, 0.25) is 0 Å². The van der Waals surface area contributed by atoms with Gasteiger partial charge in [-0.3, -0.25) is 4.98 Å². The third-order valence-electron chi connectivity index (χ3n) is 3.35. The van der Waals surface area contributed by atoms with E-state index in [1.54, 1.807) is 0 Å². The van der Waals surface area contributed by atoms with Gasteiger partial charge in [-0.2, -0.15) is 5.10 Å². The first-order chi connectivity index (χ1) is 9.42. The van der Waals surface area contributed by atoms with E-state index >= 15 is 0 Å². The lowest BCUT2D eigenvalue weighted by molar-refractivity contribution is 0.744. The van der Waals surface area contributed by atoms with E-state index in [4.69, 9.17) is 0 Å². The monoisotopic (exact) mass is 248 g/mol. The number of nitrogens with zero attached hydrogens (tertiary/aromatic N) is 3. The summed E-state index contributed by atoms with van der Waals surface area (Å²) in [5.41, 5.74) is 4.28. The fourth-order valence-corrected chi connectivity index (χ4v) is 2.44. The average molecular weight is 248 g/mol. The molecular weight excluding hydrogens is 236 g/mol. The molecule has 92 valence electrons. The van der Waals surface area contributed by atoms with Gasteiger partial charge in [0, 0.05) is 29.5 Å². The van der Waals surface area contributed by atoms with Crippen molar-refractivity contribution in [3.8, 4) is 11.3 Å². The summed E-state index contributed by atoms with van der Waals surface area (Å²) in [5.74, 6) is 0. The molecule has 0 atom stereocenters. The van der Waals surface area contributed by atoms with Crippen LogP contribution in [0, 0.1) is 0 Å². The van der Waals surface area contributed by atoms with Crippen molar-refractivity contribution in [3.63, 3.8) is 0 Å². The minimum atomic E-state index is 0.812. The molecule has 4 nitrogen and oxygen atoms in total. The molecule has 1 N–H and O–H groups in total. The Labute approximate surface area is 110 Å². The maximum atomic E-state index is 4.63. The second kappa shape index (κ2) is 3.95. The predicted octanol–water partition coefficient (Wildman–Crippen LogP) is 2.63. The van der Waals surface area contributed by atoms with Crippen molar-refractivity contribution in [1.29, 1.82) is 0 Å². The van der Waals surface area contributed by atoms with Crippen molar-refractivity contribution < 1.29 is 0 Å². The number of pyridine rings is 1. The lowest BCUT2D eigenvalue weighted by Gasteiger charge is -2.07. The standard InChI is InChI=1S/C15H12N4/c1-3-13(12-4-2-6-17-14(12)5-1)15-9-11-10-16-7-8-19(11)18-15/h1-9,16H,10H2. The van der Waals surface area contributed by atoms with Crippen LogP contribution in [-0.2, 0) is 6.54 Å². The van der Waals surface area contributed by atoms with Crippen LogP contribution in [0.1, 0.15) is 5.69 Å². The van der Waals surface area contributed by atoms with Gasteiger partial charge in [0.15, 0.2) is 0 Å². The Morgan fingerprint density at radius 1 is 1.16 bits per heavy atom. The summed E-state index contributed by atoms with van der Waals surface area (Å²) in [7, 11) is 0. The molecule has 0 fully saturated rings. The number of rotatable bonds is 1. The normalized spacial score (nSPS) is 13.3. The van der Waals surface area contributed by atoms with Gasteiger partial charge in [0.25, 0.3) is 0 Å². The highest BCUT2D eigenvalue weighted by atomic mass is 15.3. The number of fused-ring (bicyclic) bond motifs is 2. The van der Waals surface area contributed by atoms with Crippen LogP contribution in [0.25, 0.3) is 28.4 Å². The summed E-state index contributed by atoms with van der Waals surface area (Å²) in [5, 5.41) is 8.96. The van der Waals surface area contributed by atoms with Crippen molar-refractivity contribution in [2.24, 2.45) is 0 Å². The second-order valence-corrected chi connectivity index (χ2v) is 4.54. The zero-order valence-electron chi connectivity index (χ0n) is 10.2. The van der Waals surface area contributed by atoms with Crippen molar-refractivity contribution in [2.75, 3.05) is 0 Å². The van der Waals surface area contributed by atoms with E-state index in [1.165, 1.54) is 5.69 Å². The van der Waals surface area contributed by atoms with Gasteiger partial charge >= 0.3 is 0 Å². The van der Waals surface area contributed by atoms with Crippen LogP contribution in [0.15, 0.2) is 48.8 Å². The SMILES string of the molecule is C1=Cn2nc(-c3cccc4ncccc34)cc2CN1. The van der Waals surface area contributed by atoms with Crippen LogP contribution >= 0.6 is 0 Å². The van der Waals surface area contributed by atoms with Crippen LogP contribution in [-0.4, -0.2) is 14.8 Å². The Morgan fingerprint density at radius 2 is 2.16 bits per heavy atom. The molecule has 0 radical (unpaired) electrons. The Balaban J connectivity index is 1.95. The largest absolute Gasteiger partial charge is 0.384 e. The van der Waals surface area contributed by atoms with Crippen LogP contribution in [0.5, 0.6) is 0 Å². The van der Waals surface area contributed by atoms with Crippen LogP contribution in [0.3, 0.4) is 0 Å². The molecule has 1 aromatic carbocycles. The molecule has 0 unspecified atom stereocenters. The first-order valence-corrected chi connectivity index (χ1v) is 6.24. The molecule has 0 saturated heterocycles. The summed E-state index contributed by atoms with van der Waals surface area (Å²) in [6.45, 7) is 0.812. The summed E-state index contributed by atoms with van der Waals surface area (Å²) in [6.07, 6.45) is 5.66. The smallest absolute Gasteiger partial charge is 0.0937 e. The Kier molecular flexibility index (Phi) is 2.14. The fourth-order valence-electron chi connectivity index (χ4n) is 2.44. The molecule has 0 saturated carbocycles. The van der Waals surface area contributed by atoms with E-state index in [9.17, 15) is 0 Å². The number of benzene rings is 1. The van der Waals surface area contributed by atoms with Gasteiger partial charge in [-0.05, 0) is 18.2 Å². The maximum Gasteiger partial charge on any atom is 0.0937 e. The molecule has 1 aliphatic rings. The highest BCUT2D eigenvalue weighted by Crippen LogP contribution is 2.27. The lowest BCUT2D eigenvalue weighted by Crippen LogP contribution is -2.13. The Hall–Kier alpha value is -2.62. The summed E-state index contributed by atoms with van der Waals surface area (Å²) in [4.78, 5) is 4.39. The molecule has 4 heteroatoms. The molecule has 0 amide bonds. The molecule has 3 aromatic rings. The number of hydrogen-bond acceptors (Lipinski definition) is 3. The van der Waals surface area contributed by atoms with E-state index < -0.39 is 0 Å². The fraction of sp³-hybridized carbons (Fsp3) is 0.0667. The van der Waals surface area contributed by atoms with Crippen molar-refractivity contribution >= 4 is 17.1 Å². The van der Waals surface area contributed by atoms with Crippen molar-refractivity contribution in [1.82, 2.24) is 20.1 Å². The van der Waals surface area contributed by atoms with E-state index in [0.717, 1.165) is 28.7 Å². The molecular formula is C15H12N4. The van der Waals surface area contributed by atoms with Crippen LogP contribution < -0.4 is 5.32 Å². The van der Waals surface area contributed by atoms with Gasteiger partial charge in [0.2, 0.25) is 0 Å². The molecule has 0 bridgehead atoms. The first kappa shape index (κ1) is 10.3. The third kappa shape index (κ3) is 1.61. The highest BCUT2D eigenvalue weighted by molar-refractivity contribution is 5.93. The lowest BCUT2D eigenvalue weighted by atomic mass is 10.1. The first-order valence-electron chi connectivity index (χ1n) is 6.24.